The summed E-state index contributed by atoms with van der Waals surface area (Å²) in [5.41, 5.74) is -1.79. The van der Waals surface area contributed by atoms with Gasteiger partial charge in [0.05, 0.1) is 0 Å². The van der Waals surface area contributed by atoms with Crippen molar-refractivity contribution in [1.29, 1.82) is 0 Å². The predicted octanol–water partition coefficient (Wildman–Crippen LogP) is 1.89. The van der Waals surface area contributed by atoms with E-state index in [1.54, 1.807) is 81.1 Å². The van der Waals surface area contributed by atoms with E-state index in [4.69, 9.17) is 24.4 Å². The lowest BCUT2D eigenvalue weighted by molar-refractivity contribution is -0.713. The van der Waals surface area contributed by atoms with E-state index in [-0.39, 0.29) is 41.6 Å². The first kappa shape index (κ1) is 27.8. The van der Waals surface area contributed by atoms with Gasteiger partial charge < -0.3 is 9.67 Å². The van der Waals surface area contributed by atoms with E-state index in [2.05, 4.69) is 4.98 Å². The summed E-state index contributed by atoms with van der Waals surface area (Å²) in [6.07, 6.45) is 3.35. The van der Waals surface area contributed by atoms with E-state index in [0.29, 0.717) is 11.4 Å². The topological polar surface area (TPSA) is 107 Å². The number of carbonyl (C=O) groups excluding carboxylic acids is 2. The Balaban J connectivity index is 2.00. The van der Waals surface area contributed by atoms with Crippen LogP contribution in [-0.2, 0) is 22.7 Å². The molecule has 0 aromatic carbocycles. The Morgan fingerprint density at radius 2 is 1.52 bits per heavy atom. The van der Waals surface area contributed by atoms with Gasteiger partial charge in [0.25, 0.3) is 17.4 Å². The number of aromatic nitrogens is 4. The van der Waals surface area contributed by atoms with Crippen LogP contribution in [0.3, 0.4) is 0 Å². The van der Waals surface area contributed by atoms with Crippen molar-refractivity contribution in [3.05, 3.63) is 80.9 Å². The van der Waals surface area contributed by atoms with Gasteiger partial charge in [-0.05, 0) is 70.1 Å². The van der Waals surface area contributed by atoms with Crippen molar-refractivity contribution < 1.29 is 19.3 Å². The van der Waals surface area contributed by atoms with Crippen molar-refractivity contribution in [2.45, 2.75) is 52.7 Å². The van der Waals surface area contributed by atoms with E-state index in [9.17, 15) is 19.5 Å². The zero-order valence-corrected chi connectivity index (χ0v) is 24.4. The van der Waals surface area contributed by atoms with Gasteiger partial charge in [-0.1, -0.05) is 12.1 Å². The number of hydrogen-bond donors (Lipinski definition) is 0. The van der Waals surface area contributed by atoms with Crippen LogP contribution in [0.4, 0.5) is 0 Å². The van der Waals surface area contributed by atoms with E-state index < -0.39 is 40.6 Å². The Hall–Kier alpha value is -3.77. The molecule has 2 aliphatic rings. The summed E-state index contributed by atoms with van der Waals surface area (Å²) in [7, 11) is 0. The number of thiocarbonyl (C=S) groups is 1. The van der Waals surface area contributed by atoms with Crippen LogP contribution in [0.5, 0.6) is 5.88 Å². The number of nitrogens with zero attached hydrogens (tertiary/aromatic N) is 6. The second-order valence-electron chi connectivity index (χ2n) is 9.67. The zero-order chi connectivity index (χ0) is 28.9. The minimum atomic E-state index is -1.95. The van der Waals surface area contributed by atoms with Gasteiger partial charge in [-0.3, -0.25) is 33.7 Å². The average Bonchev–Trinajstić information content (AvgIpc) is 3.25. The Morgan fingerprint density at radius 1 is 0.900 bits per heavy atom. The van der Waals surface area contributed by atoms with Crippen molar-refractivity contribution in [2.24, 2.45) is 5.41 Å². The molecule has 3 aromatic rings. The molecule has 10 nitrogen and oxygen atoms in total. The molecule has 1 fully saturated rings. The molecule has 208 valence electrons. The summed E-state index contributed by atoms with van der Waals surface area (Å²) in [5, 5.41) is 14.2. The highest BCUT2D eigenvalue weighted by molar-refractivity contribution is 7.80. The molecule has 2 aliphatic heterocycles. The van der Waals surface area contributed by atoms with Gasteiger partial charge >= 0.3 is 0 Å². The number of carbonyl (C=O) groups is 2. The van der Waals surface area contributed by atoms with Crippen molar-refractivity contribution in [2.75, 3.05) is 13.1 Å². The fraction of sp³-hybridized carbons (Fsp3) is 0.393. The lowest BCUT2D eigenvalue weighted by Gasteiger charge is -2.46. The van der Waals surface area contributed by atoms with Gasteiger partial charge in [-0.25, -0.2) is 0 Å². The van der Waals surface area contributed by atoms with Crippen LogP contribution in [-0.4, -0.2) is 53.9 Å². The Kier molecular flexibility index (Phi) is 7.17. The first-order chi connectivity index (χ1) is 19.2. The third-order valence-electron chi connectivity index (χ3n) is 7.98. The van der Waals surface area contributed by atoms with Gasteiger partial charge in [0.15, 0.2) is 21.8 Å². The second kappa shape index (κ2) is 10.3. The standard InChI is InChI=1S/C28H30N6O4S2/c1-5-30-22(35)19(23(36)31(6-2)26(30)39)20-18-14-10-12-16-34(18)21(17-13-9-11-15-29-17)28(20)24(37)32(7-3)27(40)33(8-4)25(28)38/h9-16,20-21H,5-8H2,1-4H3/t20-,21-/m1/s1. The first-order valence-corrected chi connectivity index (χ1v) is 14.2. The maximum atomic E-state index is 14.8. The van der Waals surface area contributed by atoms with Crippen molar-refractivity contribution >= 4 is 41.4 Å². The van der Waals surface area contributed by atoms with Crippen LogP contribution in [0.15, 0.2) is 53.6 Å². The Morgan fingerprint density at radius 3 is 2.08 bits per heavy atom. The molecule has 2 atom stereocenters. The van der Waals surface area contributed by atoms with Crippen LogP contribution in [0, 0.1) is 10.2 Å². The summed E-state index contributed by atoms with van der Waals surface area (Å²) in [4.78, 5) is 51.1. The van der Waals surface area contributed by atoms with E-state index in [1.807, 2.05) is 0 Å². The summed E-state index contributed by atoms with van der Waals surface area (Å²) in [5.74, 6) is -2.96. The molecule has 0 unspecified atom stereocenters. The average molecular weight is 579 g/mol. The fourth-order valence-electron chi connectivity index (χ4n) is 6.25. The zero-order valence-electron chi connectivity index (χ0n) is 22.7. The monoisotopic (exact) mass is 578 g/mol. The summed E-state index contributed by atoms with van der Waals surface area (Å²) in [6.45, 7) is 7.94. The summed E-state index contributed by atoms with van der Waals surface area (Å²) < 4.78 is 4.60. The fourth-order valence-corrected chi connectivity index (χ4v) is 7.10. The Bertz CT molecular complexity index is 1620. The molecule has 0 bridgehead atoms. The molecule has 40 heavy (non-hydrogen) atoms. The largest absolute Gasteiger partial charge is 0.860 e. The molecule has 0 N–H and O–H groups in total. The van der Waals surface area contributed by atoms with Gasteiger partial charge in [-0.2, -0.15) is 4.57 Å². The van der Waals surface area contributed by atoms with Crippen LogP contribution < -0.4 is 15.2 Å². The van der Waals surface area contributed by atoms with Crippen molar-refractivity contribution in [3.8, 4) is 5.88 Å². The van der Waals surface area contributed by atoms with Gasteiger partial charge in [-0.15, -0.1) is 0 Å². The number of amides is 2. The molecule has 12 heteroatoms. The minimum Gasteiger partial charge on any atom is -0.860 e. The SMILES string of the molecule is CCN1C(=O)C2(C(=O)N(CC)C1=S)[C@@H](c1c([O-])n(CC)c(=S)n(CC)c1=O)c1cccc[n+]1[C@@H]2c1ccccn1. The number of hydrogen-bond acceptors (Lipinski definition) is 7. The molecule has 0 aliphatic carbocycles. The van der Waals surface area contributed by atoms with Crippen molar-refractivity contribution in [3.63, 3.8) is 0 Å². The minimum absolute atomic E-state index is 0.1000. The smallest absolute Gasteiger partial charge is 0.257 e. The number of pyridine rings is 2. The molecule has 2 amide bonds. The number of rotatable bonds is 6. The van der Waals surface area contributed by atoms with E-state index in [0.717, 1.165) is 0 Å². The second-order valence-corrected chi connectivity index (χ2v) is 10.4. The maximum absolute atomic E-state index is 14.8. The third-order valence-corrected chi connectivity index (χ3v) is 8.86. The van der Waals surface area contributed by atoms with Crippen LogP contribution in [0.1, 0.15) is 56.6 Å². The predicted molar refractivity (Wildman–Crippen MR) is 151 cm³/mol. The molecular formula is C28H30N6O4S2. The normalized spacial score (nSPS) is 19.9. The molecule has 0 radical (unpaired) electrons. The highest BCUT2D eigenvalue weighted by Gasteiger charge is 2.74. The van der Waals surface area contributed by atoms with Gasteiger partial charge in [0, 0.05) is 50.1 Å². The molecule has 1 saturated heterocycles. The lowest BCUT2D eigenvalue weighted by Crippen LogP contribution is -2.69. The van der Waals surface area contributed by atoms with Gasteiger partial charge in [0.1, 0.15) is 11.6 Å². The van der Waals surface area contributed by atoms with Crippen LogP contribution >= 0.6 is 24.4 Å². The molecule has 3 aromatic heterocycles. The van der Waals surface area contributed by atoms with Crippen LogP contribution in [0.25, 0.3) is 0 Å². The molecule has 0 saturated carbocycles. The Labute approximate surface area is 242 Å². The van der Waals surface area contributed by atoms with E-state index >= 15 is 0 Å². The molecular weight excluding hydrogens is 548 g/mol. The third kappa shape index (κ3) is 3.55. The van der Waals surface area contributed by atoms with E-state index in [1.165, 1.54) is 18.9 Å². The highest BCUT2D eigenvalue weighted by atomic mass is 32.1. The number of fused-ring (bicyclic) bond motifs is 1. The summed E-state index contributed by atoms with van der Waals surface area (Å²) >= 11 is 11.1. The lowest BCUT2D eigenvalue weighted by atomic mass is 9.65. The molecule has 1 spiro atoms. The van der Waals surface area contributed by atoms with Gasteiger partial charge in [0.2, 0.25) is 11.5 Å². The molecule has 5 heterocycles. The van der Waals surface area contributed by atoms with Crippen LogP contribution in [0.2, 0.25) is 0 Å². The summed E-state index contributed by atoms with van der Waals surface area (Å²) in [6, 6.07) is 9.63. The highest BCUT2D eigenvalue weighted by Crippen LogP contribution is 2.56. The van der Waals surface area contributed by atoms with Crippen molar-refractivity contribution in [1.82, 2.24) is 23.9 Å². The molecule has 5 rings (SSSR count). The first-order valence-electron chi connectivity index (χ1n) is 13.3. The quantitative estimate of drug-likeness (QED) is 0.250. The maximum Gasteiger partial charge on any atom is 0.257 e.